The minimum Gasteiger partial charge on any atom is -0.497 e. The molecule has 2 heterocycles. The molecule has 0 aromatic heterocycles. The smallest absolute Gasteiger partial charge is 0.164 e. The number of rotatable bonds is 4. The Morgan fingerprint density at radius 3 is 2.31 bits per heavy atom. The van der Waals surface area contributed by atoms with Gasteiger partial charge in [-0.25, -0.2) is 10.4 Å². The van der Waals surface area contributed by atoms with Gasteiger partial charge in [-0.3, -0.25) is 5.01 Å². The molecule has 2 aliphatic rings. The molecule has 5 rings (SSSR count). The highest BCUT2D eigenvalue weighted by Crippen LogP contribution is 2.39. The van der Waals surface area contributed by atoms with Gasteiger partial charge < -0.3 is 4.74 Å². The Kier molecular flexibility index (Phi) is 5.06. The highest BCUT2D eigenvalue weighted by Gasteiger charge is 2.37. The van der Waals surface area contributed by atoms with E-state index in [1.807, 2.05) is 59.6 Å². The van der Waals surface area contributed by atoms with Crippen molar-refractivity contribution in [1.82, 2.24) is 10.4 Å². The van der Waals surface area contributed by atoms with Crippen LogP contribution >= 0.6 is 0 Å². The van der Waals surface area contributed by atoms with Gasteiger partial charge in [0.2, 0.25) is 0 Å². The first-order chi connectivity index (χ1) is 15.7. The van der Waals surface area contributed by atoms with Crippen LogP contribution in [-0.4, -0.2) is 17.8 Å². The molecule has 0 aliphatic carbocycles. The molecule has 0 amide bonds. The van der Waals surface area contributed by atoms with Gasteiger partial charge in [-0.2, -0.15) is 5.26 Å². The van der Waals surface area contributed by atoms with Crippen LogP contribution in [0.4, 0.5) is 0 Å². The molecule has 32 heavy (non-hydrogen) atoms. The third-order valence-corrected chi connectivity index (χ3v) is 5.73. The van der Waals surface area contributed by atoms with Crippen LogP contribution in [0.5, 0.6) is 5.75 Å². The Bertz CT molecular complexity index is 1280. The Hall–Kier alpha value is -4.14. The second-order valence-corrected chi connectivity index (χ2v) is 7.78. The lowest BCUT2D eigenvalue weighted by atomic mass is 9.99. The summed E-state index contributed by atoms with van der Waals surface area (Å²) >= 11 is 0. The summed E-state index contributed by atoms with van der Waals surface area (Å²) in [6, 6.07) is 28.3. The van der Waals surface area contributed by atoms with E-state index in [1.54, 1.807) is 7.11 Å². The zero-order valence-electron chi connectivity index (χ0n) is 17.9. The number of ether oxygens (including phenoxy) is 1. The number of methoxy groups -OCH3 is 1. The van der Waals surface area contributed by atoms with Crippen LogP contribution in [0.2, 0.25) is 0 Å². The summed E-state index contributed by atoms with van der Waals surface area (Å²) in [5.74, 6) is 1.42. The lowest BCUT2D eigenvalue weighted by Crippen LogP contribution is -2.34. The number of hydrogen-bond acceptors (Lipinski definition) is 5. The van der Waals surface area contributed by atoms with E-state index in [1.165, 1.54) is 5.56 Å². The second-order valence-electron chi connectivity index (χ2n) is 7.78. The van der Waals surface area contributed by atoms with Crippen LogP contribution in [0.3, 0.4) is 0 Å². The van der Waals surface area contributed by atoms with Gasteiger partial charge >= 0.3 is 0 Å². The lowest BCUT2D eigenvalue weighted by Gasteiger charge is -2.28. The van der Waals surface area contributed by atoms with Crippen LogP contribution in [0.25, 0.3) is 5.70 Å². The standard InChI is InChI=1S/C27H22N4O/c1-18-8-10-21(11-9-18)26-23(17-28)27-29-24(19-6-4-3-5-7-19)16-25(31(27)30-26)20-12-14-22(32-2)15-13-20/h3-16,26,30H,1-2H3. The monoisotopic (exact) mass is 418 g/mol. The molecule has 1 unspecified atom stereocenters. The van der Waals surface area contributed by atoms with Crippen molar-refractivity contribution in [2.75, 3.05) is 7.11 Å². The van der Waals surface area contributed by atoms with Gasteiger partial charge in [0, 0.05) is 11.1 Å². The van der Waals surface area contributed by atoms with Crippen molar-refractivity contribution in [2.24, 2.45) is 4.99 Å². The Morgan fingerprint density at radius 2 is 1.66 bits per heavy atom. The molecule has 0 spiro atoms. The summed E-state index contributed by atoms with van der Waals surface area (Å²) in [5, 5.41) is 12.0. The zero-order chi connectivity index (χ0) is 22.1. The summed E-state index contributed by atoms with van der Waals surface area (Å²) < 4.78 is 5.33. The number of benzene rings is 3. The fourth-order valence-corrected chi connectivity index (χ4v) is 3.98. The molecule has 3 aromatic rings. The number of aliphatic imine (C=N–C) groups is 1. The molecule has 0 saturated carbocycles. The maximum atomic E-state index is 10.1. The van der Waals surface area contributed by atoms with Crippen molar-refractivity contribution in [1.29, 1.82) is 5.26 Å². The fraction of sp³-hybridized carbons (Fsp3) is 0.111. The third-order valence-electron chi connectivity index (χ3n) is 5.73. The van der Waals surface area contributed by atoms with Crippen LogP contribution in [0.15, 0.2) is 101 Å². The number of hydrogen-bond donors (Lipinski definition) is 1. The van der Waals surface area contributed by atoms with E-state index in [-0.39, 0.29) is 6.04 Å². The van der Waals surface area contributed by atoms with Crippen molar-refractivity contribution in [3.63, 3.8) is 0 Å². The molecule has 5 nitrogen and oxygen atoms in total. The molecule has 0 fully saturated rings. The van der Waals surface area contributed by atoms with Gasteiger partial charge in [-0.15, -0.1) is 0 Å². The van der Waals surface area contributed by atoms with Gasteiger partial charge in [0.25, 0.3) is 0 Å². The number of nitriles is 1. The molecule has 5 heteroatoms. The van der Waals surface area contributed by atoms with Crippen LogP contribution in [0, 0.1) is 18.3 Å². The van der Waals surface area contributed by atoms with Gasteiger partial charge in [-0.1, -0.05) is 60.2 Å². The SMILES string of the molecule is COc1ccc(C2=CC(c3ccccc3)=NC3=C(C#N)C(c4ccc(C)cc4)NN23)cc1. The first-order valence-corrected chi connectivity index (χ1v) is 10.5. The van der Waals surface area contributed by atoms with Crippen molar-refractivity contribution in [3.05, 3.63) is 119 Å². The van der Waals surface area contributed by atoms with Crippen molar-refractivity contribution in [3.8, 4) is 11.8 Å². The van der Waals surface area contributed by atoms with Gasteiger partial charge in [0.1, 0.15) is 11.8 Å². The van der Waals surface area contributed by atoms with Gasteiger partial charge in [-0.05, 0) is 42.8 Å². The van der Waals surface area contributed by atoms with Crippen molar-refractivity contribution in [2.45, 2.75) is 13.0 Å². The van der Waals surface area contributed by atoms with E-state index in [0.717, 1.165) is 33.8 Å². The van der Waals surface area contributed by atoms with Crippen LogP contribution < -0.4 is 10.2 Å². The average Bonchev–Trinajstić information content (AvgIpc) is 3.23. The molecule has 0 saturated heterocycles. The van der Waals surface area contributed by atoms with E-state index in [9.17, 15) is 5.26 Å². The van der Waals surface area contributed by atoms with E-state index < -0.39 is 0 Å². The summed E-state index contributed by atoms with van der Waals surface area (Å²) in [7, 11) is 1.66. The molecule has 0 bridgehead atoms. The van der Waals surface area contributed by atoms with Crippen LogP contribution in [0.1, 0.15) is 28.3 Å². The van der Waals surface area contributed by atoms with Crippen LogP contribution in [-0.2, 0) is 0 Å². The Balaban J connectivity index is 1.66. The van der Waals surface area contributed by atoms with Crippen molar-refractivity contribution >= 4 is 11.4 Å². The molecule has 0 radical (unpaired) electrons. The van der Waals surface area contributed by atoms with Crippen molar-refractivity contribution < 1.29 is 4.74 Å². The minimum absolute atomic E-state index is 0.267. The highest BCUT2D eigenvalue weighted by atomic mass is 16.5. The first kappa shape index (κ1) is 19.8. The first-order valence-electron chi connectivity index (χ1n) is 10.5. The maximum Gasteiger partial charge on any atom is 0.164 e. The third kappa shape index (κ3) is 3.47. The minimum atomic E-state index is -0.267. The molecule has 1 N–H and O–H groups in total. The molecule has 1 atom stereocenters. The Morgan fingerprint density at radius 1 is 0.938 bits per heavy atom. The largest absolute Gasteiger partial charge is 0.497 e. The normalized spacial score (nSPS) is 17.4. The highest BCUT2D eigenvalue weighted by molar-refractivity contribution is 6.13. The number of allylic oxidation sites excluding steroid dienone is 1. The predicted octanol–water partition coefficient (Wildman–Crippen LogP) is 5.14. The quantitative estimate of drug-likeness (QED) is 0.637. The summed E-state index contributed by atoms with van der Waals surface area (Å²) in [5.41, 5.74) is 10.1. The number of nitrogens with zero attached hydrogens (tertiary/aromatic N) is 3. The van der Waals surface area contributed by atoms with Gasteiger partial charge in [0.05, 0.1) is 30.1 Å². The summed E-state index contributed by atoms with van der Waals surface area (Å²) in [6.45, 7) is 2.06. The predicted molar refractivity (Wildman–Crippen MR) is 125 cm³/mol. The number of nitrogens with one attached hydrogen (secondary N) is 1. The lowest BCUT2D eigenvalue weighted by molar-refractivity contribution is 0.361. The molecule has 156 valence electrons. The molecule has 2 aliphatic heterocycles. The topological polar surface area (TPSA) is 60.6 Å². The molecule has 3 aromatic carbocycles. The van der Waals surface area contributed by atoms with Gasteiger partial charge in [0.15, 0.2) is 5.82 Å². The second kappa shape index (κ2) is 8.18. The molecular formula is C27H22N4O. The van der Waals surface area contributed by atoms with E-state index >= 15 is 0 Å². The summed E-state index contributed by atoms with van der Waals surface area (Å²) in [4.78, 5) is 4.91. The van der Waals surface area contributed by atoms with E-state index in [0.29, 0.717) is 11.4 Å². The summed E-state index contributed by atoms with van der Waals surface area (Å²) in [6.07, 6.45) is 2.06. The zero-order valence-corrected chi connectivity index (χ0v) is 17.9. The number of fused-ring (bicyclic) bond motifs is 1. The van der Waals surface area contributed by atoms with E-state index in [4.69, 9.17) is 9.73 Å². The van der Waals surface area contributed by atoms with E-state index in [2.05, 4.69) is 48.8 Å². The average molecular weight is 419 g/mol. The molecular weight excluding hydrogens is 396 g/mol. The maximum absolute atomic E-state index is 10.1. The number of hydrazine groups is 1. The Labute approximate surface area is 187 Å². The fourth-order valence-electron chi connectivity index (χ4n) is 3.98. The number of aryl methyl sites for hydroxylation is 1.